The number of hydrogen-bond acceptors (Lipinski definition) is 2. The van der Waals surface area contributed by atoms with E-state index in [-0.39, 0.29) is 5.91 Å². The minimum absolute atomic E-state index is 0.110. The summed E-state index contributed by atoms with van der Waals surface area (Å²) in [5.74, 6) is 1.65. The lowest BCUT2D eigenvalue weighted by atomic mass is 9.86. The van der Waals surface area contributed by atoms with Gasteiger partial charge in [0.25, 0.3) is 0 Å². The summed E-state index contributed by atoms with van der Waals surface area (Å²) in [6, 6.07) is 1.82. The van der Waals surface area contributed by atoms with Crippen LogP contribution in [0.15, 0.2) is 12.3 Å². The zero-order valence-electron chi connectivity index (χ0n) is 10.5. The van der Waals surface area contributed by atoms with E-state index in [1.807, 2.05) is 13.1 Å². The predicted octanol–water partition coefficient (Wildman–Crippen LogP) is 2.72. The molecule has 1 amide bonds. The van der Waals surface area contributed by atoms with E-state index in [0.717, 1.165) is 18.2 Å². The number of aryl methyl sites for hydroxylation is 1. The second kappa shape index (κ2) is 5.84. The van der Waals surface area contributed by atoms with Gasteiger partial charge in [-0.25, -0.2) is 0 Å². The molecule has 4 nitrogen and oxygen atoms in total. The van der Waals surface area contributed by atoms with Crippen molar-refractivity contribution in [2.75, 3.05) is 5.32 Å². The first kappa shape index (κ1) is 12.1. The van der Waals surface area contributed by atoms with Crippen molar-refractivity contribution in [2.24, 2.45) is 13.0 Å². The van der Waals surface area contributed by atoms with Crippen LogP contribution in [0.2, 0.25) is 0 Å². The first-order chi connectivity index (χ1) is 8.25. The topological polar surface area (TPSA) is 46.9 Å². The summed E-state index contributed by atoms with van der Waals surface area (Å²) in [5.41, 5.74) is 0. The molecule has 0 bridgehead atoms. The highest BCUT2D eigenvalue weighted by Crippen LogP contribution is 2.27. The van der Waals surface area contributed by atoms with Crippen LogP contribution >= 0.6 is 0 Å². The third-order valence-electron chi connectivity index (χ3n) is 3.59. The van der Waals surface area contributed by atoms with Crippen LogP contribution < -0.4 is 5.32 Å². The summed E-state index contributed by atoms with van der Waals surface area (Å²) < 4.78 is 1.68. The van der Waals surface area contributed by atoms with E-state index in [9.17, 15) is 4.79 Å². The molecule has 0 spiro atoms. The van der Waals surface area contributed by atoms with Gasteiger partial charge in [-0.15, -0.1) is 0 Å². The highest BCUT2D eigenvalue weighted by atomic mass is 16.1. The van der Waals surface area contributed by atoms with Crippen LogP contribution in [0.25, 0.3) is 0 Å². The fourth-order valence-corrected chi connectivity index (χ4v) is 2.51. The highest BCUT2D eigenvalue weighted by molar-refractivity contribution is 5.89. The van der Waals surface area contributed by atoms with Crippen molar-refractivity contribution >= 4 is 11.7 Å². The van der Waals surface area contributed by atoms with Gasteiger partial charge in [-0.3, -0.25) is 9.48 Å². The fourth-order valence-electron chi connectivity index (χ4n) is 2.51. The molecule has 0 saturated heterocycles. The second-order valence-electron chi connectivity index (χ2n) is 4.93. The molecular formula is C13H21N3O. The van der Waals surface area contributed by atoms with Crippen molar-refractivity contribution < 1.29 is 4.79 Å². The molecule has 94 valence electrons. The SMILES string of the molecule is Cn1nccc1NC(=O)CCC1CCCCC1. The molecule has 1 N–H and O–H groups in total. The number of nitrogens with one attached hydrogen (secondary N) is 1. The van der Waals surface area contributed by atoms with Gasteiger partial charge in [0.1, 0.15) is 5.82 Å². The van der Waals surface area contributed by atoms with E-state index in [1.165, 1.54) is 32.1 Å². The van der Waals surface area contributed by atoms with Gasteiger partial charge < -0.3 is 5.32 Å². The Bertz CT molecular complexity index is 366. The smallest absolute Gasteiger partial charge is 0.225 e. The Balaban J connectivity index is 1.72. The average Bonchev–Trinajstić information content (AvgIpc) is 2.74. The lowest BCUT2D eigenvalue weighted by Gasteiger charge is -2.20. The molecule has 1 heterocycles. The minimum Gasteiger partial charge on any atom is -0.311 e. The zero-order valence-corrected chi connectivity index (χ0v) is 10.5. The summed E-state index contributed by atoms with van der Waals surface area (Å²) in [5, 5.41) is 6.91. The van der Waals surface area contributed by atoms with Crippen molar-refractivity contribution in [3.8, 4) is 0 Å². The molecule has 1 aromatic rings. The Morgan fingerprint density at radius 2 is 2.24 bits per heavy atom. The summed E-state index contributed by atoms with van der Waals surface area (Å²) in [6.07, 6.45) is 10.0. The third kappa shape index (κ3) is 3.58. The number of aromatic nitrogens is 2. The van der Waals surface area contributed by atoms with Crippen molar-refractivity contribution in [1.82, 2.24) is 9.78 Å². The summed E-state index contributed by atoms with van der Waals surface area (Å²) >= 11 is 0. The third-order valence-corrected chi connectivity index (χ3v) is 3.59. The molecule has 1 fully saturated rings. The molecule has 4 heteroatoms. The van der Waals surface area contributed by atoms with E-state index in [0.29, 0.717) is 6.42 Å². The Morgan fingerprint density at radius 1 is 1.47 bits per heavy atom. The number of anilines is 1. The number of rotatable bonds is 4. The van der Waals surface area contributed by atoms with Crippen LogP contribution in [-0.2, 0) is 11.8 Å². The largest absolute Gasteiger partial charge is 0.311 e. The van der Waals surface area contributed by atoms with Crippen LogP contribution in [0.4, 0.5) is 5.82 Å². The number of carbonyl (C=O) groups is 1. The van der Waals surface area contributed by atoms with Crippen molar-refractivity contribution in [3.63, 3.8) is 0 Å². The van der Waals surface area contributed by atoms with E-state index >= 15 is 0 Å². The molecule has 0 aromatic carbocycles. The van der Waals surface area contributed by atoms with Crippen molar-refractivity contribution in [3.05, 3.63) is 12.3 Å². The van der Waals surface area contributed by atoms with Crippen LogP contribution in [0.1, 0.15) is 44.9 Å². The summed E-state index contributed by atoms with van der Waals surface area (Å²) in [4.78, 5) is 11.8. The van der Waals surface area contributed by atoms with E-state index in [2.05, 4.69) is 10.4 Å². The molecule has 0 unspecified atom stereocenters. The van der Waals surface area contributed by atoms with Crippen LogP contribution in [0.3, 0.4) is 0 Å². The van der Waals surface area contributed by atoms with Gasteiger partial charge in [0.05, 0.1) is 6.20 Å². The molecule has 0 atom stereocenters. The lowest BCUT2D eigenvalue weighted by Crippen LogP contribution is -2.16. The normalized spacial score (nSPS) is 17.0. The van der Waals surface area contributed by atoms with Crippen LogP contribution in [-0.4, -0.2) is 15.7 Å². The monoisotopic (exact) mass is 235 g/mol. The Hall–Kier alpha value is -1.32. The molecular weight excluding hydrogens is 214 g/mol. The maximum atomic E-state index is 11.8. The number of amides is 1. The Labute approximate surface area is 102 Å². The van der Waals surface area contributed by atoms with Gasteiger partial charge in [-0.05, 0) is 12.3 Å². The standard InChI is InChI=1S/C13H21N3O/c1-16-12(9-10-14-16)15-13(17)8-7-11-5-3-2-4-6-11/h9-11H,2-8H2,1H3,(H,15,17). The fraction of sp³-hybridized carbons (Fsp3) is 0.692. The maximum absolute atomic E-state index is 11.8. The summed E-state index contributed by atoms with van der Waals surface area (Å²) in [7, 11) is 1.83. The van der Waals surface area contributed by atoms with Crippen LogP contribution in [0.5, 0.6) is 0 Å². The quantitative estimate of drug-likeness (QED) is 0.872. The maximum Gasteiger partial charge on any atom is 0.225 e. The Morgan fingerprint density at radius 3 is 2.88 bits per heavy atom. The highest BCUT2D eigenvalue weighted by Gasteiger charge is 2.15. The molecule has 1 aliphatic rings. The predicted molar refractivity (Wildman–Crippen MR) is 67.6 cm³/mol. The minimum atomic E-state index is 0.110. The van der Waals surface area contributed by atoms with Crippen molar-refractivity contribution in [1.29, 1.82) is 0 Å². The van der Waals surface area contributed by atoms with Gasteiger partial charge >= 0.3 is 0 Å². The van der Waals surface area contributed by atoms with Crippen LogP contribution in [0, 0.1) is 5.92 Å². The van der Waals surface area contributed by atoms with E-state index in [4.69, 9.17) is 0 Å². The molecule has 1 aliphatic carbocycles. The number of nitrogens with zero attached hydrogens (tertiary/aromatic N) is 2. The second-order valence-corrected chi connectivity index (χ2v) is 4.93. The molecule has 0 aliphatic heterocycles. The van der Waals surface area contributed by atoms with Crippen molar-refractivity contribution in [2.45, 2.75) is 44.9 Å². The Kier molecular flexibility index (Phi) is 4.18. The molecule has 0 radical (unpaired) electrons. The van der Waals surface area contributed by atoms with Gasteiger partial charge in [0, 0.05) is 19.5 Å². The van der Waals surface area contributed by atoms with Gasteiger partial charge in [0.15, 0.2) is 0 Å². The molecule has 17 heavy (non-hydrogen) atoms. The molecule has 1 saturated carbocycles. The van der Waals surface area contributed by atoms with Gasteiger partial charge in [-0.1, -0.05) is 32.1 Å². The van der Waals surface area contributed by atoms with Gasteiger partial charge in [-0.2, -0.15) is 5.10 Å². The van der Waals surface area contributed by atoms with E-state index in [1.54, 1.807) is 10.9 Å². The number of carbonyl (C=O) groups excluding carboxylic acids is 1. The average molecular weight is 235 g/mol. The van der Waals surface area contributed by atoms with Gasteiger partial charge in [0.2, 0.25) is 5.91 Å². The first-order valence-electron chi connectivity index (χ1n) is 6.53. The molecule has 2 rings (SSSR count). The zero-order chi connectivity index (χ0) is 12.1. The lowest BCUT2D eigenvalue weighted by molar-refractivity contribution is -0.116. The number of hydrogen-bond donors (Lipinski definition) is 1. The summed E-state index contributed by atoms with van der Waals surface area (Å²) in [6.45, 7) is 0. The molecule has 1 aromatic heterocycles. The first-order valence-corrected chi connectivity index (χ1v) is 6.53. The van der Waals surface area contributed by atoms with E-state index < -0.39 is 0 Å².